The van der Waals surface area contributed by atoms with Gasteiger partial charge in [-0.25, -0.2) is 0 Å². The third kappa shape index (κ3) is 3.34. The SMILES string of the molecule is [N-]=[N+]=N[C@H]1C=C(c2ccncc2[N+](=O)[O-])C[C@@H](C(F)(F)F)C1. The van der Waals surface area contributed by atoms with E-state index in [1.54, 1.807) is 0 Å². The number of azide groups is 1. The Morgan fingerprint density at radius 2 is 2.23 bits per heavy atom. The molecule has 0 unspecified atom stereocenters. The van der Waals surface area contributed by atoms with Crippen molar-refractivity contribution >= 4 is 11.3 Å². The molecule has 2 rings (SSSR count). The smallest absolute Gasteiger partial charge is 0.258 e. The lowest BCUT2D eigenvalue weighted by Gasteiger charge is -2.28. The largest absolute Gasteiger partial charge is 0.392 e. The number of rotatable bonds is 3. The molecule has 0 fully saturated rings. The Bertz CT molecular complexity index is 667. The summed E-state index contributed by atoms with van der Waals surface area (Å²) in [6, 6.07) is 0.295. The Labute approximate surface area is 122 Å². The first-order valence-electron chi connectivity index (χ1n) is 6.23. The Hall–Kier alpha value is -2.61. The molecule has 10 heteroatoms. The van der Waals surface area contributed by atoms with Crippen LogP contribution in [0.4, 0.5) is 18.9 Å². The van der Waals surface area contributed by atoms with Gasteiger partial charge in [-0.2, -0.15) is 13.2 Å². The minimum atomic E-state index is -4.47. The van der Waals surface area contributed by atoms with Gasteiger partial charge < -0.3 is 0 Å². The third-order valence-electron chi connectivity index (χ3n) is 3.39. The molecule has 0 spiro atoms. The van der Waals surface area contributed by atoms with Crippen molar-refractivity contribution in [1.29, 1.82) is 0 Å². The van der Waals surface area contributed by atoms with Gasteiger partial charge >= 0.3 is 6.18 Å². The fourth-order valence-electron chi connectivity index (χ4n) is 2.41. The predicted octanol–water partition coefficient (Wildman–Crippen LogP) is 4.02. The topological polar surface area (TPSA) is 105 Å². The highest BCUT2D eigenvalue weighted by atomic mass is 19.4. The lowest BCUT2D eigenvalue weighted by molar-refractivity contribution is -0.385. The highest BCUT2D eigenvalue weighted by molar-refractivity contribution is 5.73. The highest BCUT2D eigenvalue weighted by Crippen LogP contribution is 2.42. The molecule has 7 nitrogen and oxygen atoms in total. The van der Waals surface area contributed by atoms with Crippen LogP contribution >= 0.6 is 0 Å². The summed E-state index contributed by atoms with van der Waals surface area (Å²) in [6.45, 7) is 0. The van der Waals surface area contributed by atoms with E-state index in [9.17, 15) is 23.3 Å². The maximum Gasteiger partial charge on any atom is 0.392 e. The van der Waals surface area contributed by atoms with Crippen LogP contribution in [0.5, 0.6) is 0 Å². The Morgan fingerprint density at radius 1 is 1.50 bits per heavy atom. The van der Waals surface area contributed by atoms with Crippen LogP contribution in [0.3, 0.4) is 0 Å². The van der Waals surface area contributed by atoms with Crippen LogP contribution in [0.2, 0.25) is 0 Å². The minimum Gasteiger partial charge on any atom is -0.258 e. The molecule has 0 aromatic carbocycles. The molecule has 1 heterocycles. The van der Waals surface area contributed by atoms with Crippen LogP contribution < -0.4 is 0 Å². The van der Waals surface area contributed by atoms with Crippen LogP contribution in [-0.4, -0.2) is 22.1 Å². The average molecular weight is 313 g/mol. The van der Waals surface area contributed by atoms with E-state index in [1.165, 1.54) is 18.3 Å². The number of nitrogens with zero attached hydrogens (tertiary/aromatic N) is 5. The number of hydrogen-bond acceptors (Lipinski definition) is 4. The van der Waals surface area contributed by atoms with E-state index in [2.05, 4.69) is 15.0 Å². The van der Waals surface area contributed by atoms with Gasteiger partial charge in [0.05, 0.1) is 22.4 Å². The standard InChI is InChI=1S/C12H10F3N5O2/c13-12(14,15)8-3-7(4-9(5-8)18-19-16)10-1-2-17-6-11(10)20(21)22/h1-2,4,6,8-9H,3,5H2/t8-,9+/m1/s1. The van der Waals surface area contributed by atoms with Gasteiger partial charge in [0, 0.05) is 11.1 Å². The van der Waals surface area contributed by atoms with Crippen molar-refractivity contribution in [2.45, 2.75) is 25.1 Å². The second-order valence-corrected chi connectivity index (χ2v) is 4.79. The second kappa shape index (κ2) is 6.02. The summed E-state index contributed by atoms with van der Waals surface area (Å²) in [5.41, 5.74) is 8.26. The average Bonchev–Trinajstić information content (AvgIpc) is 2.46. The Kier molecular flexibility index (Phi) is 4.32. The molecule has 0 saturated heterocycles. The molecule has 0 radical (unpaired) electrons. The van der Waals surface area contributed by atoms with E-state index in [0.29, 0.717) is 0 Å². The number of alkyl halides is 3. The first kappa shape index (κ1) is 15.8. The third-order valence-corrected chi connectivity index (χ3v) is 3.39. The predicted molar refractivity (Wildman–Crippen MR) is 70.6 cm³/mol. The summed E-state index contributed by atoms with van der Waals surface area (Å²) < 4.78 is 39.0. The lowest BCUT2D eigenvalue weighted by Crippen LogP contribution is -2.29. The highest BCUT2D eigenvalue weighted by Gasteiger charge is 2.43. The number of nitro groups is 1. The van der Waals surface area contributed by atoms with E-state index in [-0.39, 0.29) is 23.2 Å². The summed E-state index contributed by atoms with van der Waals surface area (Å²) in [5, 5.41) is 14.3. The zero-order chi connectivity index (χ0) is 16.3. The van der Waals surface area contributed by atoms with Crippen molar-refractivity contribution in [2.75, 3.05) is 0 Å². The summed E-state index contributed by atoms with van der Waals surface area (Å²) in [6.07, 6.45) is -1.63. The molecule has 2 atom stereocenters. The zero-order valence-corrected chi connectivity index (χ0v) is 11.1. The molecule has 1 aliphatic rings. The zero-order valence-electron chi connectivity index (χ0n) is 11.1. The van der Waals surface area contributed by atoms with Crippen LogP contribution in [0.25, 0.3) is 16.0 Å². The fourth-order valence-corrected chi connectivity index (χ4v) is 2.41. The van der Waals surface area contributed by atoms with Gasteiger partial charge in [0.2, 0.25) is 0 Å². The van der Waals surface area contributed by atoms with Gasteiger partial charge in [0.1, 0.15) is 6.20 Å². The van der Waals surface area contributed by atoms with Crippen molar-refractivity contribution in [2.24, 2.45) is 11.0 Å². The molecule has 1 aromatic rings. The summed E-state index contributed by atoms with van der Waals surface area (Å²) in [4.78, 5) is 16.4. The van der Waals surface area contributed by atoms with Crippen molar-refractivity contribution in [3.63, 3.8) is 0 Å². The molecule has 22 heavy (non-hydrogen) atoms. The Morgan fingerprint density at radius 3 is 2.82 bits per heavy atom. The number of aromatic nitrogens is 1. The van der Waals surface area contributed by atoms with E-state index in [4.69, 9.17) is 5.53 Å². The van der Waals surface area contributed by atoms with Crippen molar-refractivity contribution in [3.8, 4) is 0 Å². The van der Waals surface area contributed by atoms with Crippen LogP contribution in [-0.2, 0) is 0 Å². The van der Waals surface area contributed by atoms with Gasteiger partial charge in [-0.05, 0) is 30.0 Å². The van der Waals surface area contributed by atoms with Crippen LogP contribution in [0, 0.1) is 16.0 Å². The summed E-state index contributed by atoms with van der Waals surface area (Å²) in [7, 11) is 0. The van der Waals surface area contributed by atoms with Gasteiger partial charge in [0.25, 0.3) is 5.69 Å². The molecule has 0 aliphatic heterocycles. The molecule has 0 bridgehead atoms. The monoisotopic (exact) mass is 313 g/mol. The first-order valence-corrected chi connectivity index (χ1v) is 6.23. The normalized spacial score (nSPS) is 21.7. The number of allylic oxidation sites excluding steroid dienone is 1. The number of hydrogen-bond donors (Lipinski definition) is 0. The molecule has 0 saturated carbocycles. The molecular weight excluding hydrogens is 303 g/mol. The fraction of sp³-hybridized carbons (Fsp3) is 0.417. The van der Waals surface area contributed by atoms with Gasteiger partial charge in [-0.3, -0.25) is 15.1 Å². The summed E-state index contributed by atoms with van der Waals surface area (Å²) in [5.74, 6) is -1.71. The minimum absolute atomic E-state index is 0.0621. The molecule has 0 amide bonds. The van der Waals surface area contributed by atoms with Gasteiger partial charge in [-0.15, -0.1) is 0 Å². The van der Waals surface area contributed by atoms with Crippen LogP contribution in [0.1, 0.15) is 18.4 Å². The molecule has 1 aromatic heterocycles. The molecular formula is C12H10F3N5O2. The molecule has 116 valence electrons. The van der Waals surface area contributed by atoms with Gasteiger partial charge in [0.15, 0.2) is 0 Å². The summed E-state index contributed by atoms with van der Waals surface area (Å²) >= 11 is 0. The van der Waals surface area contributed by atoms with E-state index < -0.39 is 29.5 Å². The molecule has 1 aliphatic carbocycles. The molecule has 0 N–H and O–H groups in total. The van der Waals surface area contributed by atoms with Crippen LogP contribution in [0.15, 0.2) is 29.7 Å². The second-order valence-electron chi connectivity index (χ2n) is 4.79. The number of pyridine rings is 1. The Balaban J connectivity index is 2.48. The van der Waals surface area contributed by atoms with E-state index in [0.717, 1.165) is 6.20 Å². The van der Waals surface area contributed by atoms with Crippen molar-refractivity contribution in [1.82, 2.24) is 4.98 Å². The van der Waals surface area contributed by atoms with Gasteiger partial charge in [-0.1, -0.05) is 11.2 Å². The lowest BCUT2D eigenvalue weighted by atomic mass is 9.83. The van der Waals surface area contributed by atoms with Crippen molar-refractivity contribution in [3.05, 3.63) is 50.7 Å². The van der Waals surface area contributed by atoms with Crippen molar-refractivity contribution < 1.29 is 18.1 Å². The maximum atomic E-state index is 13.0. The first-order chi connectivity index (χ1) is 10.3. The maximum absolute atomic E-state index is 13.0. The van der Waals surface area contributed by atoms with E-state index >= 15 is 0 Å². The van der Waals surface area contributed by atoms with E-state index in [1.807, 2.05) is 0 Å². The quantitative estimate of drug-likeness (QED) is 0.276. The number of halogens is 3.